The number of aromatic amines is 1. The zero-order chi connectivity index (χ0) is 13.5. The monoisotopic (exact) mass is 262 g/mol. The molecule has 0 saturated carbocycles. The van der Waals surface area contributed by atoms with E-state index in [1.54, 1.807) is 0 Å². The van der Waals surface area contributed by atoms with Crippen LogP contribution in [0.2, 0.25) is 0 Å². The number of hydrogen-bond acceptors (Lipinski definition) is 4. The number of rotatable bonds is 2. The van der Waals surface area contributed by atoms with Crippen molar-refractivity contribution in [2.75, 3.05) is 6.61 Å². The molecule has 0 bridgehead atoms. The first-order valence-electron chi connectivity index (χ1n) is 5.31. The number of aromatic nitrogens is 2. The lowest BCUT2D eigenvalue weighted by Gasteiger charge is -2.19. The lowest BCUT2D eigenvalue weighted by Crippen LogP contribution is -2.38. The summed E-state index contributed by atoms with van der Waals surface area (Å²) in [7, 11) is 0. The summed E-state index contributed by atoms with van der Waals surface area (Å²) < 4.78 is 32.9. The van der Waals surface area contributed by atoms with E-state index in [1.165, 1.54) is 6.92 Å². The lowest BCUT2D eigenvalue weighted by molar-refractivity contribution is -0.120. The Morgan fingerprint density at radius 3 is 2.83 bits per heavy atom. The Morgan fingerprint density at radius 2 is 2.28 bits per heavy atom. The Balaban J connectivity index is 2.46. The number of alkyl halides is 2. The Labute approximate surface area is 99.8 Å². The van der Waals surface area contributed by atoms with Gasteiger partial charge in [0.25, 0.3) is 11.5 Å². The van der Waals surface area contributed by atoms with E-state index in [0.717, 1.165) is 6.20 Å². The largest absolute Gasteiger partial charge is 0.394 e. The summed E-state index contributed by atoms with van der Waals surface area (Å²) >= 11 is 0. The smallest absolute Gasteiger partial charge is 0.330 e. The molecule has 1 aromatic rings. The molecule has 8 heteroatoms. The second kappa shape index (κ2) is 4.29. The fourth-order valence-electron chi connectivity index (χ4n) is 1.87. The van der Waals surface area contributed by atoms with E-state index < -0.39 is 42.5 Å². The molecule has 6 nitrogen and oxygen atoms in total. The number of aryl methyl sites for hydroxylation is 1. The molecule has 1 aromatic heterocycles. The number of aliphatic hydroxyl groups is 1. The molecule has 100 valence electrons. The van der Waals surface area contributed by atoms with E-state index in [4.69, 9.17) is 9.84 Å². The van der Waals surface area contributed by atoms with Crippen LogP contribution in [-0.4, -0.2) is 33.3 Å². The van der Waals surface area contributed by atoms with Gasteiger partial charge in [0.2, 0.25) is 6.23 Å². The summed E-state index contributed by atoms with van der Waals surface area (Å²) in [4.78, 5) is 24.6. The third-order valence-corrected chi connectivity index (χ3v) is 2.78. The number of ether oxygens (including phenoxy) is 1. The molecule has 2 N–H and O–H groups in total. The molecule has 0 amide bonds. The van der Waals surface area contributed by atoms with Gasteiger partial charge < -0.3 is 9.84 Å². The maximum absolute atomic E-state index is 13.7. The Morgan fingerprint density at radius 1 is 1.61 bits per heavy atom. The number of nitrogens with one attached hydrogen (secondary N) is 1. The molecule has 0 unspecified atom stereocenters. The summed E-state index contributed by atoms with van der Waals surface area (Å²) in [6, 6.07) is 0. The highest BCUT2D eigenvalue weighted by Crippen LogP contribution is 2.41. The predicted molar refractivity (Wildman–Crippen MR) is 56.6 cm³/mol. The van der Waals surface area contributed by atoms with E-state index >= 15 is 0 Å². The zero-order valence-electron chi connectivity index (χ0n) is 9.52. The van der Waals surface area contributed by atoms with Gasteiger partial charge in [-0.2, -0.15) is 0 Å². The van der Waals surface area contributed by atoms with Crippen molar-refractivity contribution in [1.29, 1.82) is 0 Å². The Bertz CT molecular complexity index is 566. The van der Waals surface area contributed by atoms with Crippen molar-refractivity contribution in [2.45, 2.75) is 31.6 Å². The van der Waals surface area contributed by atoms with Crippen LogP contribution in [0.15, 0.2) is 15.8 Å². The minimum absolute atomic E-state index is 0.126. The molecule has 0 aliphatic carbocycles. The van der Waals surface area contributed by atoms with Crippen molar-refractivity contribution >= 4 is 0 Å². The maximum atomic E-state index is 13.7. The number of aliphatic hydroxyl groups excluding tert-OH is 1. The number of hydrogen-bond donors (Lipinski definition) is 2. The van der Waals surface area contributed by atoms with Crippen LogP contribution in [0, 0.1) is 6.92 Å². The summed E-state index contributed by atoms with van der Waals surface area (Å²) in [5.41, 5.74) is -1.47. The van der Waals surface area contributed by atoms with Gasteiger partial charge in [-0.15, -0.1) is 0 Å². The van der Waals surface area contributed by atoms with Crippen LogP contribution in [0.1, 0.15) is 18.2 Å². The SMILES string of the molecule is Cc1cn([C@@H]2O[C@@H](CO)CC2(F)F)c(=O)[nH]c1=O. The lowest BCUT2D eigenvalue weighted by atomic mass is 10.2. The van der Waals surface area contributed by atoms with Crippen LogP contribution >= 0.6 is 0 Å². The van der Waals surface area contributed by atoms with Crippen LogP contribution in [-0.2, 0) is 4.74 Å². The van der Waals surface area contributed by atoms with E-state index in [1.807, 2.05) is 4.98 Å². The summed E-state index contributed by atoms with van der Waals surface area (Å²) in [5, 5.41) is 8.83. The molecule has 0 radical (unpaired) electrons. The second-order valence-corrected chi connectivity index (χ2v) is 4.24. The van der Waals surface area contributed by atoms with Crippen LogP contribution in [0.4, 0.5) is 8.78 Å². The van der Waals surface area contributed by atoms with Crippen LogP contribution in [0.5, 0.6) is 0 Å². The van der Waals surface area contributed by atoms with Gasteiger partial charge >= 0.3 is 5.69 Å². The average molecular weight is 262 g/mol. The molecule has 0 aromatic carbocycles. The summed E-state index contributed by atoms with van der Waals surface area (Å²) in [6.07, 6.45) is -2.47. The Hall–Kier alpha value is -1.54. The highest BCUT2D eigenvalue weighted by Gasteiger charge is 2.51. The van der Waals surface area contributed by atoms with Gasteiger partial charge in [0.1, 0.15) is 0 Å². The van der Waals surface area contributed by atoms with Gasteiger partial charge in [-0.1, -0.05) is 0 Å². The quantitative estimate of drug-likeness (QED) is 0.770. The summed E-state index contributed by atoms with van der Waals surface area (Å²) in [5.74, 6) is -3.28. The molecule has 1 saturated heterocycles. The molecule has 1 fully saturated rings. The molecule has 1 aliphatic heterocycles. The average Bonchev–Trinajstić information content (AvgIpc) is 2.59. The third kappa shape index (κ3) is 2.08. The van der Waals surface area contributed by atoms with Gasteiger partial charge in [-0.25, -0.2) is 13.6 Å². The van der Waals surface area contributed by atoms with E-state index in [-0.39, 0.29) is 5.56 Å². The van der Waals surface area contributed by atoms with Crippen molar-refractivity contribution in [2.24, 2.45) is 0 Å². The first-order chi connectivity index (χ1) is 8.35. The molecular weight excluding hydrogens is 250 g/mol. The maximum Gasteiger partial charge on any atom is 0.330 e. The van der Waals surface area contributed by atoms with E-state index in [2.05, 4.69) is 0 Å². The standard InChI is InChI=1S/C10H12F2N2O4/c1-5-3-14(9(17)13-7(5)16)8-10(11,12)2-6(4-15)18-8/h3,6,8,15H,2,4H2,1H3,(H,13,16,17)/t6-,8-/m1/s1. The van der Waals surface area contributed by atoms with Gasteiger partial charge in [-0.3, -0.25) is 14.3 Å². The van der Waals surface area contributed by atoms with Crippen molar-refractivity contribution in [3.63, 3.8) is 0 Å². The molecule has 2 heterocycles. The van der Waals surface area contributed by atoms with Crippen molar-refractivity contribution in [1.82, 2.24) is 9.55 Å². The minimum atomic E-state index is -3.28. The van der Waals surface area contributed by atoms with Crippen molar-refractivity contribution in [3.8, 4) is 0 Å². The first kappa shape index (κ1) is 12.9. The van der Waals surface area contributed by atoms with E-state index in [9.17, 15) is 18.4 Å². The Kier molecular flexibility index (Phi) is 3.07. The molecular formula is C10H12F2N2O4. The van der Waals surface area contributed by atoms with Crippen LogP contribution in [0.3, 0.4) is 0 Å². The van der Waals surface area contributed by atoms with Gasteiger partial charge in [-0.05, 0) is 6.92 Å². The molecule has 18 heavy (non-hydrogen) atoms. The molecule has 1 aliphatic rings. The summed E-state index contributed by atoms with van der Waals surface area (Å²) in [6.45, 7) is 0.842. The highest BCUT2D eigenvalue weighted by atomic mass is 19.3. The van der Waals surface area contributed by atoms with Crippen LogP contribution in [0.25, 0.3) is 0 Å². The molecule has 2 atom stereocenters. The zero-order valence-corrected chi connectivity index (χ0v) is 9.52. The van der Waals surface area contributed by atoms with Gasteiger partial charge in [0.15, 0.2) is 0 Å². The van der Waals surface area contributed by atoms with Crippen molar-refractivity contribution in [3.05, 3.63) is 32.6 Å². The van der Waals surface area contributed by atoms with Crippen LogP contribution < -0.4 is 11.2 Å². The molecule has 0 spiro atoms. The van der Waals surface area contributed by atoms with Gasteiger partial charge in [0, 0.05) is 18.2 Å². The normalized spacial score (nSPS) is 26.4. The topological polar surface area (TPSA) is 84.3 Å². The number of halogens is 2. The second-order valence-electron chi connectivity index (χ2n) is 4.24. The number of nitrogens with zero attached hydrogens (tertiary/aromatic N) is 1. The van der Waals surface area contributed by atoms with Crippen molar-refractivity contribution < 1.29 is 18.6 Å². The molecule has 2 rings (SSSR count). The van der Waals surface area contributed by atoms with E-state index in [0.29, 0.717) is 4.57 Å². The first-order valence-corrected chi connectivity index (χ1v) is 5.31. The van der Waals surface area contributed by atoms with Gasteiger partial charge in [0.05, 0.1) is 12.7 Å². The predicted octanol–water partition coefficient (Wildman–Crippen LogP) is -0.240. The fourth-order valence-corrected chi connectivity index (χ4v) is 1.87. The third-order valence-electron chi connectivity index (χ3n) is 2.78. The number of H-pyrrole nitrogens is 1. The highest BCUT2D eigenvalue weighted by molar-refractivity contribution is 5.03. The minimum Gasteiger partial charge on any atom is -0.394 e. The fraction of sp³-hybridized carbons (Fsp3) is 0.600.